The van der Waals surface area contributed by atoms with Crippen molar-refractivity contribution in [1.29, 1.82) is 0 Å². The van der Waals surface area contributed by atoms with Crippen molar-refractivity contribution in [2.24, 2.45) is 0 Å². The van der Waals surface area contributed by atoms with Crippen LogP contribution in [-0.2, 0) is 23.8 Å². The number of rotatable bonds is 5. The van der Waals surface area contributed by atoms with Crippen molar-refractivity contribution in [1.82, 2.24) is 19.5 Å². The molecule has 1 aliphatic heterocycles. The molecule has 12 heteroatoms. The normalized spacial score (nSPS) is 22.0. The third-order valence-electron chi connectivity index (χ3n) is 4.77. The Labute approximate surface area is 185 Å². The van der Waals surface area contributed by atoms with Gasteiger partial charge in [-0.1, -0.05) is 5.92 Å². The molecule has 1 saturated heterocycles. The number of carbonyl (C=O) groups is 2. The molecule has 1 fully saturated rings. The first-order valence-corrected chi connectivity index (χ1v) is 9.64. The highest BCUT2D eigenvalue weighted by Gasteiger charge is 2.50. The van der Waals surface area contributed by atoms with Gasteiger partial charge in [-0.25, -0.2) is 23.7 Å². The summed E-state index contributed by atoms with van der Waals surface area (Å²) < 4.78 is 45.2. The second-order valence-electron chi connectivity index (χ2n) is 7.06. The van der Waals surface area contributed by atoms with E-state index in [1.54, 1.807) is 0 Å². The Hall–Kier alpha value is -4.11. The molecule has 1 N–H and O–H groups in total. The van der Waals surface area contributed by atoms with Crippen LogP contribution in [0.1, 0.15) is 20.1 Å². The van der Waals surface area contributed by atoms with E-state index < -0.39 is 48.1 Å². The van der Waals surface area contributed by atoms with Crippen molar-refractivity contribution < 1.29 is 32.6 Å². The van der Waals surface area contributed by atoms with E-state index in [0.717, 1.165) is 12.1 Å². The summed E-state index contributed by atoms with van der Waals surface area (Å²) in [7, 11) is 0. The number of terminal acetylenes is 1. The quantitative estimate of drug-likeness (QED) is 0.455. The molecule has 1 aromatic carbocycles. The molecular formula is C21H17F2N5O5. The van der Waals surface area contributed by atoms with Crippen LogP contribution in [-0.4, -0.2) is 49.8 Å². The molecule has 3 aromatic rings. The first-order chi connectivity index (χ1) is 15.8. The van der Waals surface area contributed by atoms with E-state index in [1.807, 2.05) is 0 Å². The molecule has 4 atom stereocenters. The molecule has 0 spiro atoms. The minimum atomic E-state index is -1.09. The first kappa shape index (κ1) is 22.1. The summed E-state index contributed by atoms with van der Waals surface area (Å²) in [5.41, 5.74) is 0.430. The van der Waals surface area contributed by atoms with Crippen LogP contribution in [0.5, 0.6) is 0 Å². The first-order valence-electron chi connectivity index (χ1n) is 9.64. The summed E-state index contributed by atoms with van der Waals surface area (Å²) >= 11 is 0. The number of carbonyl (C=O) groups excluding carboxylic acids is 2. The van der Waals surface area contributed by atoms with E-state index in [-0.39, 0.29) is 22.7 Å². The van der Waals surface area contributed by atoms with Gasteiger partial charge in [0.1, 0.15) is 18.0 Å². The Morgan fingerprint density at radius 1 is 1.15 bits per heavy atom. The van der Waals surface area contributed by atoms with Crippen molar-refractivity contribution in [3.63, 3.8) is 0 Å². The molecule has 33 heavy (non-hydrogen) atoms. The third kappa shape index (κ3) is 4.31. The fourth-order valence-electron chi connectivity index (χ4n) is 3.48. The largest absolute Gasteiger partial charge is 0.455 e. The molecule has 0 bridgehead atoms. The van der Waals surface area contributed by atoms with Crippen LogP contribution >= 0.6 is 0 Å². The lowest BCUT2D eigenvalue weighted by Crippen LogP contribution is -2.38. The number of anilines is 2. The van der Waals surface area contributed by atoms with Crippen LogP contribution in [0.4, 0.5) is 20.3 Å². The monoisotopic (exact) mass is 457 g/mol. The number of benzene rings is 1. The van der Waals surface area contributed by atoms with E-state index in [4.69, 9.17) is 20.6 Å². The number of hydrogen-bond donors (Lipinski definition) is 1. The molecule has 0 unspecified atom stereocenters. The number of esters is 2. The highest BCUT2D eigenvalue weighted by atomic mass is 19.1. The number of nitrogens with zero attached hydrogens (tertiary/aromatic N) is 4. The summed E-state index contributed by atoms with van der Waals surface area (Å²) in [5, 5.41) is 2.75. The fraction of sp³-hybridized carbons (Fsp3) is 0.286. The average Bonchev–Trinajstić information content (AvgIpc) is 3.31. The summed E-state index contributed by atoms with van der Waals surface area (Å²) in [6, 6.07) is 3.03. The van der Waals surface area contributed by atoms with Crippen molar-refractivity contribution >= 4 is 34.6 Å². The zero-order valence-corrected chi connectivity index (χ0v) is 17.4. The van der Waals surface area contributed by atoms with E-state index in [2.05, 4.69) is 26.2 Å². The highest BCUT2D eigenvalue weighted by molar-refractivity contribution is 5.85. The van der Waals surface area contributed by atoms with Crippen molar-refractivity contribution in [3.8, 4) is 12.3 Å². The number of hydrogen-bond acceptors (Lipinski definition) is 9. The maximum absolute atomic E-state index is 14.1. The molecule has 0 aliphatic carbocycles. The van der Waals surface area contributed by atoms with Crippen LogP contribution in [0.3, 0.4) is 0 Å². The van der Waals surface area contributed by atoms with Gasteiger partial charge in [0, 0.05) is 19.9 Å². The summed E-state index contributed by atoms with van der Waals surface area (Å²) in [6.45, 7) is 2.39. The number of aromatic nitrogens is 4. The Morgan fingerprint density at radius 2 is 1.88 bits per heavy atom. The van der Waals surface area contributed by atoms with E-state index >= 15 is 0 Å². The Kier molecular flexibility index (Phi) is 5.89. The van der Waals surface area contributed by atoms with Crippen molar-refractivity contribution in [2.45, 2.75) is 38.4 Å². The van der Waals surface area contributed by atoms with Crippen LogP contribution in [0.2, 0.25) is 0 Å². The van der Waals surface area contributed by atoms with Crippen LogP contribution in [0.25, 0.3) is 11.2 Å². The predicted octanol–water partition coefficient (Wildman–Crippen LogP) is 2.24. The highest BCUT2D eigenvalue weighted by Crippen LogP contribution is 2.36. The number of fused-ring (bicyclic) bond motifs is 1. The zero-order chi connectivity index (χ0) is 23.7. The third-order valence-corrected chi connectivity index (χ3v) is 4.77. The van der Waals surface area contributed by atoms with Gasteiger partial charge in [0.25, 0.3) is 0 Å². The van der Waals surface area contributed by atoms with Gasteiger partial charge in [-0.15, -0.1) is 6.42 Å². The van der Waals surface area contributed by atoms with Crippen molar-refractivity contribution in [2.75, 3.05) is 5.32 Å². The van der Waals surface area contributed by atoms with Gasteiger partial charge in [-0.2, -0.15) is 0 Å². The number of ether oxygens (including phenoxy) is 3. The van der Waals surface area contributed by atoms with E-state index in [9.17, 15) is 18.4 Å². The topological polar surface area (TPSA) is 117 Å². The van der Waals surface area contributed by atoms with Crippen LogP contribution < -0.4 is 5.32 Å². The standard InChI is InChI=1S/C21H17F2N5O5/c1-4-15-17(31-10(2)29)18(32-11(3)30)21(33-15)28-9-26-16-19(24-8-25-20(16)28)27-14-6-5-12(22)7-13(14)23/h1,5-9,15,17-18,21H,2-3H3,(H,24,25,27)/t15-,17-,18-,21-/m1/s1. The molecule has 10 nitrogen and oxygen atoms in total. The molecule has 0 radical (unpaired) electrons. The average molecular weight is 457 g/mol. The summed E-state index contributed by atoms with van der Waals surface area (Å²) in [4.78, 5) is 35.8. The minimum Gasteiger partial charge on any atom is -0.455 e. The van der Waals surface area contributed by atoms with Gasteiger partial charge in [0.2, 0.25) is 0 Å². The van der Waals surface area contributed by atoms with Crippen molar-refractivity contribution in [3.05, 3.63) is 42.5 Å². The SMILES string of the molecule is C#C[C@H]1O[C@@H](n2cnc3c(Nc4ccc(F)cc4F)ncnc32)[C@H](OC(C)=O)[C@@H]1OC(C)=O. The van der Waals surface area contributed by atoms with E-state index in [0.29, 0.717) is 0 Å². The number of halogens is 2. The second kappa shape index (κ2) is 8.79. The fourth-order valence-corrected chi connectivity index (χ4v) is 3.48. The molecule has 0 amide bonds. The maximum Gasteiger partial charge on any atom is 0.303 e. The molecule has 0 saturated carbocycles. The van der Waals surface area contributed by atoms with Gasteiger partial charge in [-0.05, 0) is 12.1 Å². The maximum atomic E-state index is 14.1. The number of nitrogens with one attached hydrogen (secondary N) is 1. The molecule has 4 rings (SSSR count). The van der Waals surface area contributed by atoms with Gasteiger partial charge in [-0.3, -0.25) is 14.2 Å². The molecule has 1 aliphatic rings. The summed E-state index contributed by atoms with van der Waals surface area (Å²) in [6.07, 6.45) is 3.87. The molecule has 170 valence electrons. The van der Waals surface area contributed by atoms with Gasteiger partial charge >= 0.3 is 11.9 Å². The minimum absolute atomic E-state index is 0.0248. The molecular weight excluding hydrogens is 440 g/mol. The van der Waals surface area contributed by atoms with Crippen LogP contribution in [0, 0.1) is 24.0 Å². The van der Waals surface area contributed by atoms with Gasteiger partial charge in [0.05, 0.1) is 12.0 Å². The predicted molar refractivity (Wildman–Crippen MR) is 109 cm³/mol. The smallest absolute Gasteiger partial charge is 0.303 e. The lowest BCUT2D eigenvalue weighted by Gasteiger charge is -2.23. The van der Waals surface area contributed by atoms with Crippen LogP contribution in [0.15, 0.2) is 30.9 Å². The lowest BCUT2D eigenvalue weighted by molar-refractivity contribution is -0.165. The Balaban J connectivity index is 1.73. The van der Waals surface area contributed by atoms with Gasteiger partial charge < -0.3 is 19.5 Å². The lowest BCUT2D eigenvalue weighted by atomic mass is 10.1. The number of imidazole rings is 1. The molecule has 2 aromatic heterocycles. The molecule has 3 heterocycles. The second-order valence-corrected chi connectivity index (χ2v) is 7.06. The van der Waals surface area contributed by atoms with E-state index in [1.165, 1.54) is 37.1 Å². The van der Waals surface area contributed by atoms with Gasteiger partial charge in [0.15, 0.2) is 41.5 Å². The summed E-state index contributed by atoms with van der Waals surface area (Å²) in [5.74, 6) is -0.312. The Morgan fingerprint density at radius 3 is 2.55 bits per heavy atom. The Bertz CT molecular complexity index is 1270. The zero-order valence-electron chi connectivity index (χ0n) is 17.4.